The van der Waals surface area contributed by atoms with Crippen molar-refractivity contribution in [2.45, 2.75) is 11.4 Å². The van der Waals surface area contributed by atoms with Crippen molar-refractivity contribution in [1.82, 2.24) is 10.5 Å². The maximum absolute atomic E-state index is 14.0. The van der Waals surface area contributed by atoms with Gasteiger partial charge in [0.1, 0.15) is 11.4 Å². The number of methoxy groups -OCH3 is 1. The van der Waals surface area contributed by atoms with Crippen LogP contribution in [0.4, 0.5) is 16.2 Å². The second-order valence-corrected chi connectivity index (χ2v) is 9.47. The lowest BCUT2D eigenvalue weighted by Gasteiger charge is -2.27. The molecule has 0 saturated heterocycles. The number of nitrogens with one attached hydrogen (secondary N) is 1. The van der Waals surface area contributed by atoms with Gasteiger partial charge in [0.05, 0.1) is 35.2 Å². The Labute approximate surface area is 210 Å². The Morgan fingerprint density at radius 3 is 2.43 bits per heavy atom. The quantitative estimate of drug-likeness (QED) is 0.197. The van der Waals surface area contributed by atoms with Gasteiger partial charge in [0.2, 0.25) is 0 Å². The molecule has 190 valence electrons. The molecule has 1 aromatic heterocycles. The number of nitro groups is 1. The standard InChI is InChI=1S/C24H20N4O8S/c1-35-18-8-10-19(11-9-18)37(33,34)27(15-16-5-3-2-4-6-16)23-20-13-17(28(31)32)7-12-21(20)25-14-22(23)36-24(29)26-30/h2-14,30H,15H2,1H3,(H,26,29). The van der Waals surface area contributed by atoms with Crippen LogP contribution in [0, 0.1) is 10.1 Å². The van der Waals surface area contributed by atoms with Crippen molar-refractivity contribution in [2.75, 3.05) is 11.4 Å². The minimum absolute atomic E-state index is 0.0328. The number of aromatic nitrogens is 1. The van der Waals surface area contributed by atoms with E-state index in [-0.39, 0.29) is 39.5 Å². The van der Waals surface area contributed by atoms with Crippen molar-refractivity contribution in [3.8, 4) is 11.5 Å². The van der Waals surface area contributed by atoms with Gasteiger partial charge in [-0.3, -0.25) is 24.6 Å². The SMILES string of the molecule is COc1ccc(S(=O)(=O)N(Cc2ccccc2)c2c(OC(=O)NO)cnc3ccc([N+](=O)[O-])cc23)cc1. The lowest BCUT2D eigenvalue weighted by molar-refractivity contribution is -0.384. The summed E-state index contributed by atoms with van der Waals surface area (Å²) in [7, 11) is -2.92. The molecule has 2 N–H and O–H groups in total. The van der Waals surface area contributed by atoms with Gasteiger partial charge in [-0.25, -0.2) is 18.7 Å². The van der Waals surface area contributed by atoms with Gasteiger partial charge in [-0.15, -0.1) is 0 Å². The first-order chi connectivity index (χ1) is 17.7. The molecular formula is C24H20N4O8S. The zero-order chi connectivity index (χ0) is 26.6. The molecule has 0 saturated carbocycles. The Morgan fingerprint density at radius 1 is 1.11 bits per heavy atom. The van der Waals surface area contributed by atoms with E-state index in [0.717, 1.165) is 16.6 Å². The average Bonchev–Trinajstić information content (AvgIpc) is 2.92. The number of nitrogens with zero attached hydrogens (tertiary/aromatic N) is 3. The largest absolute Gasteiger partial charge is 0.497 e. The number of hydrogen-bond acceptors (Lipinski definition) is 9. The van der Waals surface area contributed by atoms with E-state index in [1.165, 1.54) is 49.0 Å². The van der Waals surface area contributed by atoms with Crippen LogP contribution in [0.25, 0.3) is 10.9 Å². The summed E-state index contributed by atoms with van der Waals surface area (Å²) < 4.78 is 39.3. The topological polar surface area (TPSA) is 161 Å². The number of ether oxygens (including phenoxy) is 2. The number of hydrogen-bond donors (Lipinski definition) is 2. The minimum Gasteiger partial charge on any atom is -0.497 e. The molecule has 13 heteroatoms. The van der Waals surface area contributed by atoms with Crippen molar-refractivity contribution in [1.29, 1.82) is 0 Å². The molecule has 0 fully saturated rings. The molecular weight excluding hydrogens is 504 g/mol. The molecule has 0 radical (unpaired) electrons. The zero-order valence-electron chi connectivity index (χ0n) is 19.3. The third-order valence-electron chi connectivity index (χ3n) is 5.36. The maximum Gasteiger partial charge on any atom is 0.436 e. The first kappa shape index (κ1) is 25.3. The summed E-state index contributed by atoms with van der Waals surface area (Å²) in [6.45, 7) is -0.228. The molecule has 0 unspecified atom stereocenters. The van der Waals surface area contributed by atoms with E-state index in [4.69, 9.17) is 14.7 Å². The van der Waals surface area contributed by atoms with Crippen molar-refractivity contribution in [2.24, 2.45) is 0 Å². The predicted molar refractivity (Wildman–Crippen MR) is 132 cm³/mol. The highest BCUT2D eigenvalue weighted by atomic mass is 32.2. The molecule has 0 aliphatic carbocycles. The van der Waals surface area contributed by atoms with Crippen LogP contribution in [-0.4, -0.2) is 36.7 Å². The Balaban J connectivity index is 2.03. The number of anilines is 1. The minimum atomic E-state index is -4.36. The summed E-state index contributed by atoms with van der Waals surface area (Å²) in [5.41, 5.74) is 1.58. The number of carbonyl (C=O) groups excluding carboxylic acids is 1. The number of carbonyl (C=O) groups is 1. The van der Waals surface area contributed by atoms with E-state index >= 15 is 0 Å². The number of amides is 1. The molecule has 0 spiro atoms. The van der Waals surface area contributed by atoms with Crippen LogP contribution in [0.1, 0.15) is 5.56 Å². The summed E-state index contributed by atoms with van der Waals surface area (Å²) in [6.07, 6.45) is -0.213. The number of benzene rings is 3. The number of hydroxylamine groups is 1. The fourth-order valence-corrected chi connectivity index (χ4v) is 5.11. The van der Waals surface area contributed by atoms with Gasteiger partial charge in [-0.05, 0) is 35.9 Å². The van der Waals surface area contributed by atoms with Crippen LogP contribution in [0.5, 0.6) is 11.5 Å². The maximum atomic E-state index is 14.0. The van der Waals surface area contributed by atoms with Gasteiger partial charge in [0.25, 0.3) is 15.7 Å². The number of rotatable bonds is 8. The molecule has 1 heterocycles. The van der Waals surface area contributed by atoms with E-state index in [2.05, 4.69) is 4.98 Å². The lowest BCUT2D eigenvalue weighted by Crippen LogP contribution is -2.32. The van der Waals surface area contributed by atoms with Crippen molar-refractivity contribution in [3.05, 3.63) is 94.7 Å². The Bertz CT molecular complexity index is 1560. The van der Waals surface area contributed by atoms with Crippen LogP contribution in [-0.2, 0) is 16.6 Å². The fraction of sp³-hybridized carbons (Fsp3) is 0.0833. The van der Waals surface area contributed by atoms with Crippen LogP contribution in [0.2, 0.25) is 0 Å². The third-order valence-corrected chi connectivity index (χ3v) is 7.12. The Morgan fingerprint density at radius 2 is 1.81 bits per heavy atom. The molecule has 4 rings (SSSR count). The molecule has 0 aliphatic rings. The molecule has 4 aromatic rings. The van der Waals surface area contributed by atoms with E-state index in [9.17, 15) is 23.3 Å². The summed E-state index contributed by atoms with van der Waals surface area (Å²) in [5, 5.41) is 20.6. The monoisotopic (exact) mass is 524 g/mol. The molecule has 0 aliphatic heterocycles. The number of non-ortho nitro benzene ring substituents is 1. The first-order valence-electron chi connectivity index (χ1n) is 10.6. The smallest absolute Gasteiger partial charge is 0.436 e. The van der Waals surface area contributed by atoms with Crippen LogP contribution in [0.15, 0.2) is 83.9 Å². The average molecular weight is 525 g/mol. The van der Waals surface area contributed by atoms with Gasteiger partial charge >= 0.3 is 6.09 Å². The van der Waals surface area contributed by atoms with Crippen LogP contribution < -0.4 is 19.3 Å². The predicted octanol–water partition coefficient (Wildman–Crippen LogP) is 4.02. The molecule has 12 nitrogen and oxygen atoms in total. The number of fused-ring (bicyclic) bond motifs is 1. The third kappa shape index (κ3) is 5.27. The summed E-state index contributed by atoms with van der Waals surface area (Å²) in [4.78, 5) is 26.8. The molecule has 37 heavy (non-hydrogen) atoms. The molecule has 3 aromatic carbocycles. The summed E-state index contributed by atoms with van der Waals surface area (Å²) in [6, 6.07) is 18.0. The Kier molecular flexibility index (Phi) is 7.18. The van der Waals surface area contributed by atoms with Crippen molar-refractivity contribution in [3.63, 3.8) is 0 Å². The van der Waals surface area contributed by atoms with E-state index in [1.54, 1.807) is 30.3 Å². The number of sulfonamides is 1. The first-order valence-corrected chi connectivity index (χ1v) is 12.1. The van der Waals surface area contributed by atoms with Gasteiger partial charge < -0.3 is 9.47 Å². The van der Waals surface area contributed by atoms with Gasteiger partial charge in [-0.2, -0.15) is 0 Å². The fourth-order valence-electron chi connectivity index (χ4n) is 3.62. The second-order valence-electron chi connectivity index (χ2n) is 7.60. The van der Waals surface area contributed by atoms with Gasteiger partial charge in [0.15, 0.2) is 5.75 Å². The summed E-state index contributed by atoms with van der Waals surface area (Å²) in [5.74, 6) is 0.0785. The highest BCUT2D eigenvalue weighted by Gasteiger charge is 2.31. The van der Waals surface area contributed by atoms with Crippen LogP contribution >= 0.6 is 0 Å². The van der Waals surface area contributed by atoms with Gasteiger partial charge in [-0.1, -0.05) is 30.3 Å². The van der Waals surface area contributed by atoms with Crippen LogP contribution in [0.3, 0.4) is 0 Å². The van der Waals surface area contributed by atoms with Crippen molar-refractivity contribution >= 4 is 38.4 Å². The van der Waals surface area contributed by atoms with E-state index in [0.29, 0.717) is 11.3 Å². The highest BCUT2D eigenvalue weighted by Crippen LogP contribution is 2.40. The van der Waals surface area contributed by atoms with Crippen molar-refractivity contribution < 1.29 is 32.8 Å². The lowest BCUT2D eigenvalue weighted by atomic mass is 10.1. The number of pyridine rings is 1. The van der Waals surface area contributed by atoms with E-state index in [1.807, 2.05) is 0 Å². The van der Waals surface area contributed by atoms with Gasteiger partial charge in [0, 0.05) is 17.5 Å². The summed E-state index contributed by atoms with van der Waals surface area (Å²) >= 11 is 0. The normalized spacial score (nSPS) is 11.1. The Hall–Kier alpha value is -4.75. The number of nitro benzene ring substituents is 1. The molecule has 0 atom stereocenters. The second kappa shape index (κ2) is 10.5. The molecule has 0 bridgehead atoms. The zero-order valence-corrected chi connectivity index (χ0v) is 20.1. The molecule has 1 amide bonds. The van der Waals surface area contributed by atoms with E-state index < -0.39 is 21.0 Å². The highest BCUT2D eigenvalue weighted by molar-refractivity contribution is 7.92.